The van der Waals surface area contributed by atoms with Crippen molar-refractivity contribution in [2.75, 3.05) is 11.9 Å². The third-order valence-electron chi connectivity index (χ3n) is 3.66. The Morgan fingerprint density at radius 1 is 1.20 bits per heavy atom. The number of hydrogen-bond donors (Lipinski definition) is 3. The first-order valence-electron chi connectivity index (χ1n) is 8.01. The first-order chi connectivity index (χ1) is 11.9. The molecule has 3 N–H and O–H groups in total. The van der Waals surface area contributed by atoms with Gasteiger partial charge in [-0.3, -0.25) is 10.1 Å². The summed E-state index contributed by atoms with van der Waals surface area (Å²) in [5, 5.41) is 15.3. The minimum Gasteiger partial charge on any atom is -0.506 e. The average molecular weight is 358 g/mol. The number of hydrogen-bond acceptors (Lipinski definition) is 4. The van der Waals surface area contributed by atoms with E-state index in [1.54, 1.807) is 12.1 Å². The van der Waals surface area contributed by atoms with E-state index >= 15 is 0 Å². The van der Waals surface area contributed by atoms with Crippen molar-refractivity contribution in [3.63, 3.8) is 0 Å². The summed E-state index contributed by atoms with van der Waals surface area (Å²) in [5.74, 6) is 0.358. The molecule has 0 aliphatic heterocycles. The predicted molar refractivity (Wildman–Crippen MR) is 103 cm³/mol. The zero-order valence-electron chi connectivity index (χ0n) is 14.6. The van der Waals surface area contributed by atoms with Gasteiger partial charge in [-0.15, -0.1) is 0 Å². The largest absolute Gasteiger partial charge is 0.506 e. The molecule has 0 aromatic heterocycles. The fraction of sp³-hybridized carbons (Fsp3) is 0.263. The quantitative estimate of drug-likeness (QED) is 0.564. The van der Waals surface area contributed by atoms with Gasteiger partial charge in [0.15, 0.2) is 11.7 Å². The molecule has 0 unspecified atom stereocenters. The van der Waals surface area contributed by atoms with Crippen molar-refractivity contribution in [1.82, 2.24) is 5.32 Å². The maximum atomic E-state index is 12.0. The van der Waals surface area contributed by atoms with Crippen LogP contribution in [-0.4, -0.2) is 22.7 Å². The molecule has 6 heteroatoms. The Bertz CT molecular complexity index is 790. The number of rotatable bonds is 5. The molecular weight excluding hydrogens is 336 g/mol. The lowest BCUT2D eigenvalue weighted by atomic mass is 10.1. The van der Waals surface area contributed by atoms with E-state index in [0.29, 0.717) is 11.4 Å². The van der Waals surface area contributed by atoms with Crippen molar-refractivity contribution in [2.24, 2.45) is 0 Å². The molecule has 0 saturated carbocycles. The number of ether oxygens (including phenoxy) is 1. The van der Waals surface area contributed by atoms with Gasteiger partial charge in [0, 0.05) is 0 Å². The van der Waals surface area contributed by atoms with E-state index in [1.165, 1.54) is 0 Å². The number of thiocarbonyl (C=S) groups is 1. The van der Waals surface area contributed by atoms with Gasteiger partial charge in [-0.2, -0.15) is 0 Å². The lowest BCUT2D eigenvalue weighted by Crippen LogP contribution is -2.37. The summed E-state index contributed by atoms with van der Waals surface area (Å²) in [4.78, 5) is 12.0. The number of aromatic hydroxyl groups is 1. The van der Waals surface area contributed by atoms with Crippen LogP contribution in [0.1, 0.15) is 23.6 Å². The van der Waals surface area contributed by atoms with Gasteiger partial charge >= 0.3 is 0 Å². The van der Waals surface area contributed by atoms with Crippen molar-refractivity contribution >= 4 is 28.9 Å². The van der Waals surface area contributed by atoms with Crippen LogP contribution in [0.5, 0.6) is 11.5 Å². The maximum absolute atomic E-state index is 12.0. The van der Waals surface area contributed by atoms with Crippen molar-refractivity contribution in [1.29, 1.82) is 0 Å². The molecule has 0 aliphatic carbocycles. The van der Waals surface area contributed by atoms with E-state index in [0.717, 1.165) is 23.1 Å². The van der Waals surface area contributed by atoms with Crippen LogP contribution in [0.4, 0.5) is 5.69 Å². The fourth-order valence-corrected chi connectivity index (χ4v) is 2.55. The summed E-state index contributed by atoms with van der Waals surface area (Å²) < 4.78 is 5.52. The molecule has 0 bridgehead atoms. The second-order valence-corrected chi connectivity index (χ2v) is 6.17. The normalized spacial score (nSPS) is 10.2. The number of benzene rings is 2. The Morgan fingerprint density at radius 3 is 2.64 bits per heavy atom. The van der Waals surface area contributed by atoms with E-state index in [9.17, 15) is 9.90 Å². The van der Waals surface area contributed by atoms with Gasteiger partial charge in [0.05, 0.1) is 5.69 Å². The van der Waals surface area contributed by atoms with E-state index in [4.69, 9.17) is 17.0 Å². The minimum absolute atomic E-state index is 0.0697. The van der Waals surface area contributed by atoms with Gasteiger partial charge in [0.2, 0.25) is 0 Å². The molecule has 1 amide bonds. The summed E-state index contributed by atoms with van der Waals surface area (Å²) in [6.45, 7) is 5.79. The van der Waals surface area contributed by atoms with Gasteiger partial charge in [-0.25, -0.2) is 0 Å². The summed E-state index contributed by atoms with van der Waals surface area (Å²) in [7, 11) is 0. The monoisotopic (exact) mass is 358 g/mol. The van der Waals surface area contributed by atoms with Crippen LogP contribution in [0.3, 0.4) is 0 Å². The number of phenolic OH excluding ortho intramolecular Hbond substituents is 1. The molecule has 0 atom stereocenters. The highest BCUT2D eigenvalue weighted by atomic mass is 32.1. The van der Waals surface area contributed by atoms with Gasteiger partial charge in [-0.05, 0) is 61.8 Å². The van der Waals surface area contributed by atoms with Crippen LogP contribution in [-0.2, 0) is 11.2 Å². The first-order valence-corrected chi connectivity index (χ1v) is 8.42. The van der Waals surface area contributed by atoms with Crippen molar-refractivity contribution in [3.8, 4) is 11.5 Å². The second-order valence-electron chi connectivity index (χ2n) is 5.76. The molecule has 0 heterocycles. The van der Waals surface area contributed by atoms with E-state index < -0.39 is 0 Å². The van der Waals surface area contributed by atoms with Gasteiger partial charge < -0.3 is 15.2 Å². The smallest absolute Gasteiger partial charge is 0.264 e. The zero-order valence-corrected chi connectivity index (χ0v) is 15.4. The lowest BCUT2D eigenvalue weighted by molar-refractivity contribution is -0.121. The van der Waals surface area contributed by atoms with Crippen molar-refractivity contribution in [3.05, 3.63) is 53.1 Å². The van der Waals surface area contributed by atoms with Crippen LogP contribution >= 0.6 is 12.2 Å². The Labute approximate surface area is 153 Å². The van der Waals surface area contributed by atoms with Gasteiger partial charge in [-0.1, -0.05) is 30.7 Å². The third kappa shape index (κ3) is 5.46. The molecule has 0 fully saturated rings. The van der Waals surface area contributed by atoms with E-state index in [1.807, 2.05) is 45.0 Å². The first kappa shape index (κ1) is 18.7. The summed E-state index contributed by atoms with van der Waals surface area (Å²) >= 11 is 5.12. The van der Waals surface area contributed by atoms with Crippen LogP contribution < -0.4 is 15.4 Å². The number of carbonyl (C=O) groups is 1. The number of anilines is 1. The zero-order chi connectivity index (χ0) is 18.4. The van der Waals surface area contributed by atoms with E-state index in [2.05, 4.69) is 10.6 Å². The molecule has 2 rings (SSSR count). The molecular formula is C19H22N2O3S. The van der Waals surface area contributed by atoms with Crippen molar-refractivity contribution < 1.29 is 14.6 Å². The van der Waals surface area contributed by atoms with Crippen LogP contribution in [0.2, 0.25) is 0 Å². The molecule has 0 aliphatic rings. The second kappa shape index (κ2) is 8.48. The Hall–Kier alpha value is -2.60. The molecule has 132 valence electrons. The van der Waals surface area contributed by atoms with E-state index in [-0.39, 0.29) is 23.4 Å². The standard InChI is InChI=1S/C19H22N2O3S/c1-4-14-6-7-16(22)15(10-14)20-19(25)21-18(23)11-24-17-8-5-12(2)9-13(17)3/h5-10,22H,4,11H2,1-3H3,(H2,20,21,23,25). The highest BCUT2D eigenvalue weighted by Gasteiger charge is 2.09. The summed E-state index contributed by atoms with van der Waals surface area (Å²) in [5.41, 5.74) is 3.61. The minimum atomic E-state index is -0.372. The Kier molecular flexibility index (Phi) is 6.36. The topological polar surface area (TPSA) is 70.6 Å². The van der Waals surface area contributed by atoms with Crippen molar-refractivity contribution in [2.45, 2.75) is 27.2 Å². The summed E-state index contributed by atoms with van der Waals surface area (Å²) in [6.07, 6.45) is 0.831. The number of carbonyl (C=O) groups excluding carboxylic acids is 1. The highest BCUT2D eigenvalue weighted by molar-refractivity contribution is 7.80. The van der Waals surface area contributed by atoms with Crippen LogP contribution in [0, 0.1) is 13.8 Å². The highest BCUT2D eigenvalue weighted by Crippen LogP contribution is 2.24. The van der Waals surface area contributed by atoms with Gasteiger partial charge in [0.1, 0.15) is 11.5 Å². The molecule has 2 aromatic carbocycles. The molecule has 0 saturated heterocycles. The Balaban J connectivity index is 1.89. The molecule has 0 radical (unpaired) electrons. The fourth-order valence-electron chi connectivity index (χ4n) is 2.32. The van der Waals surface area contributed by atoms with Crippen LogP contribution in [0.15, 0.2) is 36.4 Å². The van der Waals surface area contributed by atoms with Gasteiger partial charge in [0.25, 0.3) is 5.91 Å². The molecule has 0 spiro atoms. The summed E-state index contributed by atoms with van der Waals surface area (Å²) in [6, 6.07) is 11.0. The Morgan fingerprint density at radius 2 is 1.96 bits per heavy atom. The molecule has 5 nitrogen and oxygen atoms in total. The molecule has 2 aromatic rings. The predicted octanol–water partition coefficient (Wildman–Crippen LogP) is 3.46. The number of aryl methyl sites for hydroxylation is 3. The maximum Gasteiger partial charge on any atom is 0.264 e. The average Bonchev–Trinajstić information content (AvgIpc) is 2.56. The number of nitrogens with one attached hydrogen (secondary N) is 2. The van der Waals surface area contributed by atoms with Crippen LogP contribution in [0.25, 0.3) is 0 Å². The lowest BCUT2D eigenvalue weighted by Gasteiger charge is -2.13. The third-order valence-corrected chi connectivity index (χ3v) is 3.86. The molecule has 25 heavy (non-hydrogen) atoms. The number of phenols is 1. The number of amides is 1. The SMILES string of the molecule is CCc1ccc(O)c(NC(=S)NC(=O)COc2ccc(C)cc2C)c1.